The highest BCUT2D eigenvalue weighted by Gasteiger charge is 1.83. The average molecular weight is 145 g/mol. The molecule has 0 bridgehead atoms. The average Bonchev–Trinajstić information content (AvgIpc) is 2.07. The van der Waals surface area contributed by atoms with Crippen LogP contribution in [0, 0.1) is 5.41 Å². The van der Waals surface area contributed by atoms with Crippen LogP contribution in [0.2, 0.25) is 0 Å². The van der Waals surface area contributed by atoms with Crippen LogP contribution < -0.4 is 0 Å². The van der Waals surface area contributed by atoms with Gasteiger partial charge >= 0.3 is 0 Å². The Balaban J connectivity index is 2.51. The molecule has 56 valence electrons. The fourth-order valence-electron chi connectivity index (χ4n) is 0.886. The molecule has 0 radical (unpaired) electrons. The minimum atomic E-state index is 0.913. The van der Waals surface area contributed by atoms with Crippen LogP contribution >= 0.6 is 0 Å². The summed E-state index contributed by atoms with van der Waals surface area (Å²) in [7, 11) is 0. The lowest BCUT2D eigenvalue weighted by Crippen LogP contribution is -1.77. The van der Waals surface area contributed by atoms with Gasteiger partial charge in [-0.15, -0.1) is 0 Å². The SMILES string of the molecule is N=C/C=C\Cc1ccccc1. The first-order chi connectivity index (χ1) is 5.43. The lowest BCUT2D eigenvalue weighted by Gasteiger charge is -1.92. The monoisotopic (exact) mass is 145 g/mol. The Morgan fingerprint density at radius 1 is 1.18 bits per heavy atom. The highest BCUT2D eigenvalue weighted by Crippen LogP contribution is 1.99. The van der Waals surface area contributed by atoms with E-state index >= 15 is 0 Å². The Bertz CT molecular complexity index is 236. The molecule has 0 aliphatic carbocycles. The quantitative estimate of drug-likeness (QED) is 0.632. The molecule has 1 nitrogen and oxygen atoms in total. The zero-order chi connectivity index (χ0) is 7.94. The van der Waals surface area contributed by atoms with Gasteiger partial charge in [0.2, 0.25) is 0 Å². The third-order valence-corrected chi connectivity index (χ3v) is 1.43. The third kappa shape index (κ3) is 2.80. The van der Waals surface area contributed by atoms with Gasteiger partial charge in [0.15, 0.2) is 0 Å². The molecule has 1 aromatic carbocycles. The van der Waals surface area contributed by atoms with E-state index in [9.17, 15) is 0 Å². The molecule has 11 heavy (non-hydrogen) atoms. The van der Waals surface area contributed by atoms with Gasteiger partial charge in [0, 0.05) is 6.21 Å². The Morgan fingerprint density at radius 3 is 2.55 bits per heavy atom. The van der Waals surface area contributed by atoms with Crippen molar-refractivity contribution in [3.8, 4) is 0 Å². The normalized spacial score (nSPS) is 10.2. The maximum absolute atomic E-state index is 6.76. The van der Waals surface area contributed by atoms with E-state index in [0.29, 0.717) is 0 Å². The van der Waals surface area contributed by atoms with Crippen LogP contribution in [0.1, 0.15) is 5.56 Å². The summed E-state index contributed by atoms with van der Waals surface area (Å²) in [6.07, 6.45) is 5.93. The van der Waals surface area contributed by atoms with Gasteiger partial charge in [0.1, 0.15) is 0 Å². The van der Waals surface area contributed by atoms with Gasteiger partial charge < -0.3 is 5.41 Å². The maximum atomic E-state index is 6.76. The largest absolute Gasteiger partial charge is 0.309 e. The van der Waals surface area contributed by atoms with Crippen molar-refractivity contribution in [3.05, 3.63) is 48.0 Å². The summed E-state index contributed by atoms with van der Waals surface area (Å²) in [4.78, 5) is 0. The Hall–Kier alpha value is -1.37. The van der Waals surface area contributed by atoms with Gasteiger partial charge in [-0.1, -0.05) is 36.4 Å². The van der Waals surface area contributed by atoms with Crippen LogP contribution in [-0.4, -0.2) is 6.21 Å². The summed E-state index contributed by atoms with van der Waals surface area (Å²) < 4.78 is 0. The summed E-state index contributed by atoms with van der Waals surface area (Å²) in [5, 5.41) is 6.76. The lowest BCUT2D eigenvalue weighted by atomic mass is 10.1. The molecule has 1 aromatic rings. The Morgan fingerprint density at radius 2 is 1.91 bits per heavy atom. The van der Waals surface area contributed by atoms with E-state index in [4.69, 9.17) is 5.41 Å². The first-order valence-electron chi connectivity index (χ1n) is 3.63. The number of rotatable bonds is 3. The summed E-state index contributed by atoms with van der Waals surface area (Å²) in [6, 6.07) is 10.2. The molecule has 0 aliphatic rings. The van der Waals surface area contributed by atoms with Gasteiger partial charge in [0.05, 0.1) is 0 Å². The second-order valence-electron chi connectivity index (χ2n) is 2.28. The van der Waals surface area contributed by atoms with Crippen molar-refractivity contribution >= 4 is 6.21 Å². The van der Waals surface area contributed by atoms with Crippen molar-refractivity contribution in [1.29, 1.82) is 5.41 Å². The van der Waals surface area contributed by atoms with E-state index in [1.54, 1.807) is 6.08 Å². The van der Waals surface area contributed by atoms with Gasteiger partial charge in [-0.3, -0.25) is 0 Å². The number of benzene rings is 1. The van der Waals surface area contributed by atoms with Crippen molar-refractivity contribution in [3.63, 3.8) is 0 Å². The molecule has 0 spiro atoms. The summed E-state index contributed by atoms with van der Waals surface area (Å²) in [5.74, 6) is 0. The van der Waals surface area contributed by atoms with E-state index in [1.165, 1.54) is 11.8 Å². The molecular formula is C10H11N. The van der Waals surface area contributed by atoms with Crippen molar-refractivity contribution in [1.82, 2.24) is 0 Å². The molecule has 0 unspecified atom stereocenters. The van der Waals surface area contributed by atoms with Crippen LogP contribution in [-0.2, 0) is 6.42 Å². The number of allylic oxidation sites excluding steroid dienone is 2. The van der Waals surface area contributed by atoms with Crippen molar-refractivity contribution in [2.45, 2.75) is 6.42 Å². The van der Waals surface area contributed by atoms with E-state index in [2.05, 4.69) is 12.1 Å². The molecule has 0 fully saturated rings. The summed E-state index contributed by atoms with van der Waals surface area (Å²) in [6.45, 7) is 0. The second kappa shape index (κ2) is 4.45. The predicted octanol–water partition coefficient (Wildman–Crippen LogP) is 2.43. The van der Waals surface area contributed by atoms with E-state index < -0.39 is 0 Å². The van der Waals surface area contributed by atoms with Crippen LogP contribution in [0.25, 0.3) is 0 Å². The standard InChI is InChI=1S/C10H11N/c11-9-5-4-8-10-6-2-1-3-7-10/h1-7,9,11H,8H2/b5-4-,11-9?. The first kappa shape index (κ1) is 7.73. The smallest absolute Gasteiger partial charge is 0.0174 e. The number of nitrogens with one attached hydrogen (secondary N) is 1. The molecule has 1 N–H and O–H groups in total. The van der Waals surface area contributed by atoms with Crippen molar-refractivity contribution in [2.24, 2.45) is 0 Å². The van der Waals surface area contributed by atoms with E-state index in [-0.39, 0.29) is 0 Å². The van der Waals surface area contributed by atoms with E-state index in [1.807, 2.05) is 24.3 Å². The molecule has 0 saturated carbocycles. The molecule has 0 saturated heterocycles. The highest BCUT2D eigenvalue weighted by molar-refractivity contribution is 5.67. The zero-order valence-corrected chi connectivity index (χ0v) is 6.33. The number of hydrogen-bond donors (Lipinski definition) is 1. The van der Waals surface area contributed by atoms with Gasteiger partial charge in [-0.2, -0.15) is 0 Å². The molecule has 0 aliphatic heterocycles. The second-order valence-corrected chi connectivity index (χ2v) is 2.28. The molecule has 0 amide bonds. The molecule has 0 atom stereocenters. The van der Waals surface area contributed by atoms with Crippen molar-refractivity contribution in [2.75, 3.05) is 0 Å². The maximum Gasteiger partial charge on any atom is 0.0174 e. The van der Waals surface area contributed by atoms with E-state index in [0.717, 1.165) is 6.42 Å². The Kier molecular flexibility index (Phi) is 3.13. The first-order valence-corrected chi connectivity index (χ1v) is 3.63. The van der Waals surface area contributed by atoms with Crippen molar-refractivity contribution < 1.29 is 0 Å². The van der Waals surface area contributed by atoms with Crippen LogP contribution in [0.15, 0.2) is 42.5 Å². The third-order valence-electron chi connectivity index (χ3n) is 1.43. The molecule has 0 heterocycles. The van der Waals surface area contributed by atoms with Crippen LogP contribution in [0.5, 0.6) is 0 Å². The minimum absolute atomic E-state index is 0.913. The zero-order valence-electron chi connectivity index (χ0n) is 6.33. The van der Waals surface area contributed by atoms with Crippen LogP contribution in [0.3, 0.4) is 0 Å². The lowest BCUT2D eigenvalue weighted by molar-refractivity contribution is 1.27. The topological polar surface area (TPSA) is 23.9 Å². The highest BCUT2D eigenvalue weighted by atomic mass is 14.3. The van der Waals surface area contributed by atoms with Gasteiger partial charge in [0.25, 0.3) is 0 Å². The van der Waals surface area contributed by atoms with Gasteiger partial charge in [-0.05, 0) is 18.1 Å². The fourth-order valence-corrected chi connectivity index (χ4v) is 0.886. The minimum Gasteiger partial charge on any atom is -0.309 e. The van der Waals surface area contributed by atoms with Gasteiger partial charge in [-0.25, -0.2) is 0 Å². The van der Waals surface area contributed by atoms with Crippen LogP contribution in [0.4, 0.5) is 0 Å². The molecule has 1 heteroatoms. The number of hydrogen-bond acceptors (Lipinski definition) is 1. The predicted molar refractivity (Wildman–Crippen MR) is 48.1 cm³/mol. The summed E-state index contributed by atoms with van der Waals surface area (Å²) >= 11 is 0. The Labute approximate surface area is 66.9 Å². The fraction of sp³-hybridized carbons (Fsp3) is 0.100. The molecule has 0 aromatic heterocycles. The summed E-state index contributed by atoms with van der Waals surface area (Å²) in [5.41, 5.74) is 1.28. The molecule has 1 rings (SSSR count). The molecular weight excluding hydrogens is 134 g/mol.